The minimum absolute atomic E-state index is 0.161. The monoisotopic (exact) mass is 408 g/mol. The summed E-state index contributed by atoms with van der Waals surface area (Å²) in [6.45, 7) is 2.49. The van der Waals surface area contributed by atoms with Crippen molar-refractivity contribution in [2.45, 2.75) is 31.8 Å². The Kier molecular flexibility index (Phi) is 5.31. The Hall–Kier alpha value is -3.55. The lowest BCUT2D eigenvalue weighted by molar-refractivity contribution is 0.0946. The number of carbonyl (C=O) groups is 1. The van der Waals surface area contributed by atoms with Crippen molar-refractivity contribution in [1.82, 2.24) is 25.0 Å². The van der Waals surface area contributed by atoms with Gasteiger partial charge in [0.05, 0.1) is 24.5 Å². The Labute approximate surface area is 172 Å². The number of hydrazine groups is 1. The van der Waals surface area contributed by atoms with E-state index in [0.717, 1.165) is 19.0 Å². The number of carbonyl (C=O) groups excluding carboxylic acids is 1. The molecule has 154 valence electrons. The van der Waals surface area contributed by atoms with E-state index in [1.807, 2.05) is 6.07 Å². The fourth-order valence-electron chi connectivity index (χ4n) is 3.61. The van der Waals surface area contributed by atoms with Crippen LogP contribution in [-0.2, 0) is 0 Å². The predicted molar refractivity (Wildman–Crippen MR) is 109 cm³/mol. The van der Waals surface area contributed by atoms with E-state index in [4.69, 9.17) is 11.6 Å². The second-order valence-electron chi connectivity index (χ2n) is 7.08. The number of rotatable bonds is 3. The molecule has 0 radical (unpaired) electrons. The van der Waals surface area contributed by atoms with E-state index in [0.29, 0.717) is 29.3 Å². The third-order valence-corrected chi connectivity index (χ3v) is 4.92. The summed E-state index contributed by atoms with van der Waals surface area (Å²) in [6.07, 6.45) is 4.24. The summed E-state index contributed by atoms with van der Waals surface area (Å²) in [6, 6.07) is 4.58. The molecule has 1 saturated heterocycles. The van der Waals surface area contributed by atoms with E-state index in [9.17, 15) is 9.18 Å². The number of nitrogens with two attached hydrogens (primary N) is 2. The first-order chi connectivity index (χ1) is 14.5. The molecular weight excluding hydrogens is 387 g/mol. The van der Waals surface area contributed by atoms with Crippen molar-refractivity contribution in [3.05, 3.63) is 53.4 Å². The summed E-state index contributed by atoms with van der Waals surface area (Å²) in [5.74, 6) is 10.8. The molecule has 30 heavy (non-hydrogen) atoms. The maximum Gasteiger partial charge on any atom is 0.285 e. The SMILES string of the molecule is C[C@@H](N)C#Cc1ncc(F)cc1C1CCCN1c1ccc2ncc(C(=O)NN)n2n1. The summed E-state index contributed by atoms with van der Waals surface area (Å²) in [4.78, 5) is 22.4. The van der Waals surface area contributed by atoms with Crippen molar-refractivity contribution < 1.29 is 9.18 Å². The van der Waals surface area contributed by atoms with Gasteiger partial charge in [-0.2, -0.15) is 0 Å². The van der Waals surface area contributed by atoms with Gasteiger partial charge in [0.15, 0.2) is 11.3 Å². The second-order valence-corrected chi connectivity index (χ2v) is 7.08. The van der Waals surface area contributed by atoms with Crippen molar-refractivity contribution in [2.75, 3.05) is 11.4 Å². The molecular formula is C20H21FN8O. The minimum atomic E-state index is -0.493. The van der Waals surface area contributed by atoms with Gasteiger partial charge in [0, 0.05) is 12.1 Å². The summed E-state index contributed by atoms with van der Waals surface area (Å²) >= 11 is 0. The summed E-state index contributed by atoms with van der Waals surface area (Å²) in [5, 5.41) is 4.58. The summed E-state index contributed by atoms with van der Waals surface area (Å²) in [5.41, 5.74) is 9.76. The van der Waals surface area contributed by atoms with E-state index in [-0.39, 0.29) is 17.8 Å². The Morgan fingerprint density at radius 1 is 1.37 bits per heavy atom. The zero-order chi connectivity index (χ0) is 21.3. The van der Waals surface area contributed by atoms with Gasteiger partial charge >= 0.3 is 0 Å². The van der Waals surface area contributed by atoms with Gasteiger partial charge in [-0.05, 0) is 43.9 Å². The van der Waals surface area contributed by atoms with Crippen molar-refractivity contribution in [1.29, 1.82) is 0 Å². The van der Waals surface area contributed by atoms with Gasteiger partial charge in [-0.15, -0.1) is 5.10 Å². The number of imidazole rings is 1. The van der Waals surface area contributed by atoms with Crippen molar-refractivity contribution in [3.63, 3.8) is 0 Å². The maximum atomic E-state index is 14.0. The molecule has 1 aliphatic rings. The number of halogens is 1. The van der Waals surface area contributed by atoms with Crippen LogP contribution in [0.2, 0.25) is 0 Å². The Morgan fingerprint density at radius 3 is 2.97 bits per heavy atom. The Bertz CT molecular complexity index is 1160. The van der Waals surface area contributed by atoms with Gasteiger partial charge in [-0.3, -0.25) is 10.2 Å². The highest BCUT2D eigenvalue weighted by Crippen LogP contribution is 2.36. The number of nitrogens with one attached hydrogen (secondary N) is 1. The number of fused-ring (bicyclic) bond motifs is 1. The first-order valence-electron chi connectivity index (χ1n) is 9.53. The average molecular weight is 408 g/mol. The number of amides is 1. The third kappa shape index (κ3) is 3.68. The standard InChI is InChI=1S/C20H21FN8O/c1-12(22)4-5-15-14(9-13(21)10-24-15)16-3-2-8-28(16)19-7-6-18-25-11-17(20(30)26-23)29(18)27-19/h6-7,9-12,16H,2-3,8,22-23H2,1H3,(H,26,30)/t12-,16?/m1/s1. The molecule has 1 amide bonds. The number of nitrogen functional groups attached to an aromatic ring is 1. The summed E-state index contributed by atoms with van der Waals surface area (Å²) in [7, 11) is 0. The van der Waals surface area contributed by atoms with Crippen LogP contribution in [0.1, 0.15) is 47.6 Å². The molecule has 9 nitrogen and oxygen atoms in total. The Balaban J connectivity index is 1.76. The first-order valence-corrected chi connectivity index (χ1v) is 9.53. The number of nitrogens with zero attached hydrogens (tertiary/aromatic N) is 5. The molecule has 0 saturated carbocycles. The van der Waals surface area contributed by atoms with Crippen LogP contribution in [0.25, 0.3) is 5.65 Å². The zero-order valence-corrected chi connectivity index (χ0v) is 16.3. The lowest BCUT2D eigenvalue weighted by atomic mass is 10.0. The van der Waals surface area contributed by atoms with Crippen molar-refractivity contribution in [3.8, 4) is 11.8 Å². The fraction of sp³-hybridized carbons (Fsp3) is 0.300. The fourth-order valence-corrected chi connectivity index (χ4v) is 3.61. The highest BCUT2D eigenvalue weighted by atomic mass is 19.1. The van der Waals surface area contributed by atoms with Crippen LogP contribution in [0.3, 0.4) is 0 Å². The molecule has 4 heterocycles. The van der Waals surface area contributed by atoms with Crippen LogP contribution in [0, 0.1) is 17.7 Å². The van der Waals surface area contributed by atoms with Gasteiger partial charge in [0.25, 0.3) is 5.91 Å². The summed E-state index contributed by atoms with van der Waals surface area (Å²) < 4.78 is 15.5. The molecule has 4 rings (SSSR count). The van der Waals surface area contributed by atoms with E-state index >= 15 is 0 Å². The lowest BCUT2D eigenvalue weighted by Gasteiger charge is -2.26. The normalized spacial score (nSPS) is 16.9. The molecule has 2 atom stereocenters. The van der Waals surface area contributed by atoms with E-state index in [1.165, 1.54) is 16.8 Å². The van der Waals surface area contributed by atoms with Crippen LogP contribution in [-0.4, -0.2) is 38.1 Å². The molecule has 0 aliphatic carbocycles. The molecule has 0 bridgehead atoms. The van der Waals surface area contributed by atoms with Crippen LogP contribution in [0.4, 0.5) is 10.2 Å². The third-order valence-electron chi connectivity index (χ3n) is 4.92. The van der Waals surface area contributed by atoms with Gasteiger partial charge < -0.3 is 10.6 Å². The number of hydrogen-bond acceptors (Lipinski definition) is 7. The highest BCUT2D eigenvalue weighted by molar-refractivity contribution is 5.92. The quantitative estimate of drug-likeness (QED) is 0.254. The first kappa shape index (κ1) is 19.8. The molecule has 0 spiro atoms. The minimum Gasteiger partial charge on any atom is -0.348 e. The van der Waals surface area contributed by atoms with Crippen LogP contribution < -0.4 is 21.9 Å². The maximum absolute atomic E-state index is 14.0. The van der Waals surface area contributed by atoms with Crippen LogP contribution >= 0.6 is 0 Å². The molecule has 1 aliphatic heterocycles. The molecule has 1 unspecified atom stereocenters. The predicted octanol–water partition coefficient (Wildman–Crippen LogP) is 0.907. The number of anilines is 1. The van der Waals surface area contributed by atoms with Gasteiger partial charge in [-0.1, -0.05) is 5.92 Å². The molecule has 0 aromatic carbocycles. The van der Waals surface area contributed by atoms with E-state index < -0.39 is 11.7 Å². The van der Waals surface area contributed by atoms with Crippen molar-refractivity contribution >= 4 is 17.4 Å². The lowest BCUT2D eigenvalue weighted by Crippen LogP contribution is -2.31. The highest BCUT2D eigenvalue weighted by Gasteiger charge is 2.30. The van der Waals surface area contributed by atoms with E-state index in [2.05, 4.69) is 37.2 Å². The van der Waals surface area contributed by atoms with Gasteiger partial charge in [-0.25, -0.2) is 24.7 Å². The number of aromatic nitrogens is 4. The second kappa shape index (κ2) is 8.06. The Morgan fingerprint density at radius 2 is 2.20 bits per heavy atom. The van der Waals surface area contributed by atoms with Crippen molar-refractivity contribution in [2.24, 2.45) is 11.6 Å². The zero-order valence-electron chi connectivity index (χ0n) is 16.3. The molecule has 1 fully saturated rings. The van der Waals surface area contributed by atoms with Gasteiger partial charge in [0.2, 0.25) is 0 Å². The smallest absolute Gasteiger partial charge is 0.285 e. The molecule has 10 heteroatoms. The number of hydrogen-bond donors (Lipinski definition) is 3. The van der Waals surface area contributed by atoms with Crippen LogP contribution in [0.15, 0.2) is 30.6 Å². The van der Waals surface area contributed by atoms with Gasteiger partial charge in [0.1, 0.15) is 17.3 Å². The molecule has 3 aromatic heterocycles. The van der Waals surface area contributed by atoms with E-state index in [1.54, 1.807) is 13.0 Å². The molecule has 5 N–H and O–H groups in total. The number of pyridine rings is 1. The topological polar surface area (TPSA) is 127 Å². The molecule has 3 aromatic rings. The van der Waals surface area contributed by atoms with Crippen LogP contribution in [0.5, 0.6) is 0 Å². The largest absolute Gasteiger partial charge is 0.348 e. The average Bonchev–Trinajstić information content (AvgIpc) is 3.38.